The molecule has 0 spiro atoms. The van der Waals surface area contributed by atoms with Gasteiger partial charge in [-0.25, -0.2) is 0 Å². The van der Waals surface area contributed by atoms with Gasteiger partial charge in [0.1, 0.15) is 0 Å². The van der Waals surface area contributed by atoms with Crippen LogP contribution in [0.3, 0.4) is 0 Å². The molecule has 0 aliphatic heterocycles. The Kier molecular flexibility index (Phi) is 3.92. The van der Waals surface area contributed by atoms with Crippen molar-refractivity contribution in [1.29, 1.82) is 0 Å². The zero-order valence-electron chi connectivity index (χ0n) is 8.58. The van der Waals surface area contributed by atoms with Gasteiger partial charge in [0.25, 0.3) is 5.91 Å². The number of carbonyl (C=O) groups is 1. The molecule has 0 fully saturated rings. The van der Waals surface area contributed by atoms with Crippen molar-refractivity contribution < 1.29 is 4.79 Å². The molecule has 0 saturated carbocycles. The molecule has 1 aromatic rings. The van der Waals surface area contributed by atoms with E-state index >= 15 is 0 Å². The fourth-order valence-corrected chi connectivity index (χ4v) is 1.23. The van der Waals surface area contributed by atoms with E-state index < -0.39 is 0 Å². The molecule has 0 radical (unpaired) electrons. The number of allylic oxidation sites excluding steroid dienone is 1. The van der Waals surface area contributed by atoms with E-state index in [0.29, 0.717) is 0 Å². The number of amides is 1. The normalized spacial score (nSPS) is 11.1. The number of nitrogens with one attached hydrogen (secondary N) is 1. The van der Waals surface area contributed by atoms with Crippen LogP contribution in [0.5, 0.6) is 0 Å². The summed E-state index contributed by atoms with van der Waals surface area (Å²) in [6.45, 7) is 3.85. The zero-order valence-corrected chi connectivity index (χ0v) is 8.58. The fourth-order valence-electron chi connectivity index (χ4n) is 1.23. The van der Waals surface area contributed by atoms with Crippen LogP contribution in [0.15, 0.2) is 42.0 Å². The maximum Gasteiger partial charge on any atom is 0.251 e. The Morgan fingerprint density at radius 1 is 1.36 bits per heavy atom. The molecule has 2 nitrogen and oxygen atoms in total. The van der Waals surface area contributed by atoms with Crippen LogP contribution in [0, 0.1) is 0 Å². The molecule has 1 amide bonds. The third-order valence-electron chi connectivity index (χ3n) is 2.05. The van der Waals surface area contributed by atoms with Gasteiger partial charge >= 0.3 is 0 Å². The molecular weight excluding hydrogens is 174 g/mol. The predicted molar refractivity (Wildman–Crippen MR) is 59.1 cm³/mol. The summed E-state index contributed by atoms with van der Waals surface area (Å²) in [5, 5.41) is 2.84. The highest BCUT2D eigenvalue weighted by molar-refractivity contribution is 6.03. The Balaban J connectivity index is 2.66. The van der Waals surface area contributed by atoms with Crippen LogP contribution in [0.25, 0.3) is 0 Å². The Labute approximate surface area is 84.6 Å². The van der Waals surface area contributed by atoms with Gasteiger partial charge in [0.15, 0.2) is 0 Å². The number of anilines is 1. The number of benzene rings is 1. The number of para-hydroxylation sites is 1. The third kappa shape index (κ3) is 2.73. The molecule has 2 heteroatoms. The van der Waals surface area contributed by atoms with Gasteiger partial charge in [-0.2, -0.15) is 0 Å². The Hall–Kier alpha value is -1.57. The van der Waals surface area contributed by atoms with E-state index in [1.165, 1.54) is 0 Å². The predicted octanol–water partition coefficient (Wildman–Crippen LogP) is 2.98. The summed E-state index contributed by atoms with van der Waals surface area (Å²) in [6, 6.07) is 9.47. The number of carbonyl (C=O) groups excluding carboxylic acids is 1. The molecule has 74 valence electrons. The molecule has 0 aromatic heterocycles. The molecule has 0 bridgehead atoms. The van der Waals surface area contributed by atoms with Crippen LogP contribution in [0.2, 0.25) is 0 Å². The second kappa shape index (κ2) is 5.22. The minimum absolute atomic E-state index is 0.0128. The topological polar surface area (TPSA) is 29.1 Å². The van der Waals surface area contributed by atoms with Gasteiger partial charge in [-0.3, -0.25) is 4.79 Å². The molecule has 14 heavy (non-hydrogen) atoms. The highest BCUT2D eigenvalue weighted by Crippen LogP contribution is 2.08. The Bertz CT molecular complexity index is 327. The summed E-state index contributed by atoms with van der Waals surface area (Å²) in [5.74, 6) is -0.0128. The van der Waals surface area contributed by atoms with Gasteiger partial charge in [0.05, 0.1) is 0 Å². The number of rotatable bonds is 3. The molecule has 1 N–H and O–H groups in total. The first-order valence-electron chi connectivity index (χ1n) is 4.79. The van der Waals surface area contributed by atoms with Crippen LogP contribution in [-0.2, 0) is 4.79 Å². The van der Waals surface area contributed by atoms with Gasteiger partial charge in [-0.1, -0.05) is 31.2 Å². The smallest absolute Gasteiger partial charge is 0.251 e. The summed E-state index contributed by atoms with van der Waals surface area (Å²) < 4.78 is 0. The van der Waals surface area contributed by atoms with Crippen molar-refractivity contribution in [2.45, 2.75) is 20.3 Å². The fraction of sp³-hybridized carbons (Fsp3) is 0.250. The van der Waals surface area contributed by atoms with E-state index in [-0.39, 0.29) is 5.91 Å². The SMILES string of the molecule is C/C=C(/CC)C(=O)Nc1ccccc1. The van der Waals surface area contributed by atoms with E-state index in [0.717, 1.165) is 17.7 Å². The van der Waals surface area contributed by atoms with E-state index in [2.05, 4.69) is 5.32 Å². The average molecular weight is 189 g/mol. The van der Waals surface area contributed by atoms with Crippen molar-refractivity contribution in [2.24, 2.45) is 0 Å². The Morgan fingerprint density at radius 3 is 2.50 bits per heavy atom. The molecule has 0 aliphatic carbocycles. The highest BCUT2D eigenvalue weighted by atomic mass is 16.1. The standard InChI is InChI=1S/C12H15NO/c1-3-10(4-2)12(14)13-11-8-6-5-7-9-11/h3,5-9H,4H2,1-2H3,(H,13,14)/b10-3-. The molecule has 0 saturated heterocycles. The first-order valence-corrected chi connectivity index (χ1v) is 4.79. The maximum absolute atomic E-state index is 11.6. The number of hydrogen-bond donors (Lipinski definition) is 1. The van der Waals surface area contributed by atoms with Gasteiger partial charge in [-0.15, -0.1) is 0 Å². The first-order chi connectivity index (χ1) is 6.77. The summed E-state index contributed by atoms with van der Waals surface area (Å²) in [4.78, 5) is 11.6. The molecule has 1 rings (SSSR count). The lowest BCUT2D eigenvalue weighted by Crippen LogP contribution is -2.13. The van der Waals surface area contributed by atoms with Gasteiger partial charge in [-0.05, 0) is 25.5 Å². The lowest BCUT2D eigenvalue weighted by molar-refractivity contribution is -0.113. The molecule has 0 unspecified atom stereocenters. The molecule has 1 aromatic carbocycles. The average Bonchev–Trinajstić information content (AvgIpc) is 2.21. The van der Waals surface area contributed by atoms with Crippen LogP contribution in [-0.4, -0.2) is 5.91 Å². The summed E-state index contributed by atoms with van der Waals surface area (Å²) in [6.07, 6.45) is 2.60. The van der Waals surface area contributed by atoms with Crippen molar-refractivity contribution in [3.63, 3.8) is 0 Å². The first kappa shape index (κ1) is 10.5. The summed E-state index contributed by atoms with van der Waals surface area (Å²) >= 11 is 0. The van der Waals surface area contributed by atoms with Crippen LogP contribution >= 0.6 is 0 Å². The van der Waals surface area contributed by atoms with Gasteiger partial charge in [0, 0.05) is 11.3 Å². The van der Waals surface area contributed by atoms with Gasteiger partial charge < -0.3 is 5.32 Å². The second-order valence-corrected chi connectivity index (χ2v) is 2.99. The van der Waals surface area contributed by atoms with Crippen molar-refractivity contribution in [2.75, 3.05) is 5.32 Å². The molecular formula is C12H15NO. The lowest BCUT2D eigenvalue weighted by Gasteiger charge is -2.05. The van der Waals surface area contributed by atoms with Crippen LogP contribution in [0.4, 0.5) is 5.69 Å². The Morgan fingerprint density at radius 2 is 2.00 bits per heavy atom. The monoisotopic (exact) mass is 189 g/mol. The number of hydrogen-bond acceptors (Lipinski definition) is 1. The molecule has 0 atom stereocenters. The second-order valence-electron chi connectivity index (χ2n) is 2.99. The van der Waals surface area contributed by atoms with E-state index in [1.807, 2.05) is 50.3 Å². The third-order valence-corrected chi connectivity index (χ3v) is 2.05. The largest absolute Gasteiger partial charge is 0.322 e. The van der Waals surface area contributed by atoms with Crippen molar-refractivity contribution in [3.05, 3.63) is 42.0 Å². The van der Waals surface area contributed by atoms with Gasteiger partial charge in [0.2, 0.25) is 0 Å². The van der Waals surface area contributed by atoms with Crippen molar-refractivity contribution in [3.8, 4) is 0 Å². The minimum atomic E-state index is -0.0128. The lowest BCUT2D eigenvalue weighted by atomic mass is 10.2. The molecule has 0 aliphatic rings. The van der Waals surface area contributed by atoms with Crippen LogP contribution in [0.1, 0.15) is 20.3 Å². The van der Waals surface area contributed by atoms with E-state index in [4.69, 9.17) is 0 Å². The summed E-state index contributed by atoms with van der Waals surface area (Å²) in [5.41, 5.74) is 1.65. The van der Waals surface area contributed by atoms with Crippen molar-refractivity contribution in [1.82, 2.24) is 0 Å². The quantitative estimate of drug-likeness (QED) is 0.728. The van der Waals surface area contributed by atoms with Crippen molar-refractivity contribution >= 4 is 11.6 Å². The maximum atomic E-state index is 11.6. The van der Waals surface area contributed by atoms with E-state index in [1.54, 1.807) is 0 Å². The zero-order chi connectivity index (χ0) is 10.4. The van der Waals surface area contributed by atoms with Crippen LogP contribution < -0.4 is 5.32 Å². The highest BCUT2D eigenvalue weighted by Gasteiger charge is 2.05. The van der Waals surface area contributed by atoms with E-state index in [9.17, 15) is 4.79 Å². The minimum Gasteiger partial charge on any atom is -0.322 e. The molecule has 0 heterocycles. The summed E-state index contributed by atoms with van der Waals surface area (Å²) in [7, 11) is 0.